The van der Waals surface area contributed by atoms with Crippen LogP contribution in [0.5, 0.6) is 0 Å². The minimum Gasteiger partial charge on any atom is -0.480 e. The summed E-state index contributed by atoms with van der Waals surface area (Å²) in [6.45, 7) is 5.88. The molecule has 0 fully saturated rings. The van der Waals surface area contributed by atoms with E-state index in [1.807, 2.05) is 27.0 Å². The predicted octanol–water partition coefficient (Wildman–Crippen LogP) is 1.35. The number of tetrazole rings is 1. The normalized spacial score (nSPS) is 13.6. The first kappa shape index (κ1) is 14.0. The van der Waals surface area contributed by atoms with Crippen molar-refractivity contribution in [2.45, 2.75) is 38.6 Å². The molecule has 1 N–H and O–H groups in total. The Morgan fingerprint density at radius 1 is 1.53 bits per heavy atom. The number of carboxylic acid groups (broad SMARTS) is 1. The summed E-state index contributed by atoms with van der Waals surface area (Å²) in [6.07, 6.45) is 2.47. The van der Waals surface area contributed by atoms with E-state index in [4.69, 9.17) is 0 Å². The largest absolute Gasteiger partial charge is 0.480 e. The van der Waals surface area contributed by atoms with E-state index < -0.39 is 12.0 Å². The summed E-state index contributed by atoms with van der Waals surface area (Å²) in [5.41, 5.74) is -0.267. The second-order valence-electron chi connectivity index (χ2n) is 4.83. The number of carboxylic acids is 1. The van der Waals surface area contributed by atoms with Crippen LogP contribution in [0, 0.1) is 0 Å². The Morgan fingerprint density at radius 2 is 2.18 bits per heavy atom. The van der Waals surface area contributed by atoms with Crippen molar-refractivity contribution in [1.29, 1.82) is 0 Å². The molecule has 0 aliphatic heterocycles. The van der Waals surface area contributed by atoms with Crippen LogP contribution in [0.15, 0.2) is 0 Å². The van der Waals surface area contributed by atoms with Crippen molar-refractivity contribution in [3.05, 3.63) is 5.82 Å². The molecule has 1 unspecified atom stereocenters. The van der Waals surface area contributed by atoms with Crippen LogP contribution in [0.25, 0.3) is 0 Å². The second kappa shape index (κ2) is 5.48. The second-order valence-corrected chi connectivity index (χ2v) is 5.82. The lowest BCUT2D eigenvalue weighted by atomic mass is 9.95. The van der Waals surface area contributed by atoms with E-state index in [0.29, 0.717) is 12.2 Å². The van der Waals surface area contributed by atoms with Crippen molar-refractivity contribution >= 4 is 17.7 Å². The number of thioether (sulfide) groups is 1. The fourth-order valence-corrected chi connectivity index (χ4v) is 1.94. The van der Waals surface area contributed by atoms with Gasteiger partial charge in [-0.15, -0.1) is 5.10 Å². The monoisotopic (exact) mass is 258 g/mol. The van der Waals surface area contributed by atoms with Gasteiger partial charge in [-0.05, 0) is 28.9 Å². The molecule has 0 saturated heterocycles. The van der Waals surface area contributed by atoms with Crippen LogP contribution in [-0.4, -0.2) is 43.3 Å². The van der Waals surface area contributed by atoms with Gasteiger partial charge in [-0.1, -0.05) is 20.8 Å². The van der Waals surface area contributed by atoms with Crippen LogP contribution in [0.1, 0.15) is 39.1 Å². The van der Waals surface area contributed by atoms with E-state index in [-0.39, 0.29) is 5.41 Å². The zero-order valence-corrected chi connectivity index (χ0v) is 11.4. The van der Waals surface area contributed by atoms with Crippen molar-refractivity contribution in [3.8, 4) is 0 Å². The van der Waals surface area contributed by atoms with E-state index in [0.717, 1.165) is 5.75 Å². The van der Waals surface area contributed by atoms with Gasteiger partial charge >= 0.3 is 5.97 Å². The molecule has 1 aromatic heterocycles. The average Bonchev–Trinajstić information content (AvgIpc) is 2.66. The Balaban J connectivity index is 3.03. The summed E-state index contributed by atoms with van der Waals surface area (Å²) < 4.78 is 1.43. The minimum absolute atomic E-state index is 0.267. The van der Waals surface area contributed by atoms with Crippen LogP contribution >= 0.6 is 11.8 Å². The summed E-state index contributed by atoms with van der Waals surface area (Å²) in [5.74, 6) is 0.475. The molecule has 96 valence electrons. The first-order chi connectivity index (χ1) is 7.88. The molecule has 0 aromatic carbocycles. The summed E-state index contributed by atoms with van der Waals surface area (Å²) in [5, 5.41) is 20.6. The predicted molar refractivity (Wildman–Crippen MR) is 66.2 cm³/mol. The number of nitrogens with zero attached hydrogens (tertiary/aromatic N) is 4. The van der Waals surface area contributed by atoms with E-state index >= 15 is 0 Å². The number of carbonyl (C=O) groups is 1. The minimum atomic E-state index is -0.892. The van der Waals surface area contributed by atoms with E-state index in [2.05, 4.69) is 15.5 Å². The quantitative estimate of drug-likeness (QED) is 0.858. The maximum atomic E-state index is 11.3. The van der Waals surface area contributed by atoms with Gasteiger partial charge in [0, 0.05) is 5.41 Å². The number of rotatable bonds is 5. The van der Waals surface area contributed by atoms with Crippen LogP contribution in [0.4, 0.5) is 0 Å². The molecule has 0 radical (unpaired) electrons. The maximum Gasteiger partial charge on any atom is 0.328 e. The van der Waals surface area contributed by atoms with Gasteiger partial charge in [0.1, 0.15) is 0 Å². The molecule has 1 heterocycles. The van der Waals surface area contributed by atoms with Crippen LogP contribution in [0.3, 0.4) is 0 Å². The highest BCUT2D eigenvalue weighted by Crippen LogP contribution is 2.23. The molecule has 6 nitrogen and oxygen atoms in total. The summed E-state index contributed by atoms with van der Waals surface area (Å²) in [7, 11) is 0. The first-order valence-corrected chi connectivity index (χ1v) is 6.77. The molecule has 1 rings (SSSR count). The summed E-state index contributed by atoms with van der Waals surface area (Å²) >= 11 is 1.61. The average molecular weight is 258 g/mol. The van der Waals surface area contributed by atoms with Crippen molar-refractivity contribution in [2.75, 3.05) is 12.0 Å². The molecule has 17 heavy (non-hydrogen) atoms. The molecule has 0 bridgehead atoms. The molecule has 0 aliphatic carbocycles. The molecule has 0 saturated carbocycles. The first-order valence-electron chi connectivity index (χ1n) is 5.38. The Bertz CT molecular complexity index is 386. The number of hydrogen-bond acceptors (Lipinski definition) is 5. The third kappa shape index (κ3) is 3.42. The topological polar surface area (TPSA) is 80.9 Å². The van der Waals surface area contributed by atoms with Gasteiger partial charge < -0.3 is 5.11 Å². The Kier molecular flexibility index (Phi) is 4.50. The SMILES string of the molecule is CSCCC(C(=O)O)n1nnnc1C(C)(C)C. The Hall–Kier alpha value is -1.11. The molecule has 1 aromatic rings. The zero-order valence-electron chi connectivity index (χ0n) is 10.5. The zero-order chi connectivity index (χ0) is 13.1. The number of hydrogen-bond donors (Lipinski definition) is 1. The maximum absolute atomic E-state index is 11.3. The molecular weight excluding hydrogens is 240 g/mol. The third-order valence-electron chi connectivity index (χ3n) is 2.34. The van der Waals surface area contributed by atoms with Gasteiger partial charge in [0.05, 0.1) is 0 Å². The van der Waals surface area contributed by atoms with E-state index in [9.17, 15) is 9.90 Å². The molecule has 0 amide bonds. The van der Waals surface area contributed by atoms with Crippen LogP contribution < -0.4 is 0 Å². The summed E-state index contributed by atoms with van der Waals surface area (Å²) in [6, 6.07) is -0.688. The molecule has 0 aliphatic rings. The molecule has 1 atom stereocenters. The smallest absolute Gasteiger partial charge is 0.328 e. The lowest BCUT2D eigenvalue weighted by Gasteiger charge is -2.20. The highest BCUT2D eigenvalue weighted by Gasteiger charge is 2.29. The third-order valence-corrected chi connectivity index (χ3v) is 2.98. The van der Waals surface area contributed by atoms with Crippen molar-refractivity contribution < 1.29 is 9.90 Å². The lowest BCUT2D eigenvalue weighted by molar-refractivity contribution is -0.141. The summed E-state index contributed by atoms with van der Waals surface area (Å²) in [4.78, 5) is 11.3. The van der Waals surface area contributed by atoms with E-state index in [1.165, 1.54) is 4.68 Å². The van der Waals surface area contributed by atoms with Crippen LogP contribution in [-0.2, 0) is 10.2 Å². The van der Waals surface area contributed by atoms with Gasteiger partial charge in [0.15, 0.2) is 11.9 Å². The highest BCUT2D eigenvalue weighted by molar-refractivity contribution is 7.98. The molecule has 7 heteroatoms. The highest BCUT2D eigenvalue weighted by atomic mass is 32.2. The van der Waals surface area contributed by atoms with Gasteiger partial charge in [0.25, 0.3) is 0 Å². The van der Waals surface area contributed by atoms with Crippen molar-refractivity contribution in [2.24, 2.45) is 0 Å². The fraction of sp³-hybridized carbons (Fsp3) is 0.800. The van der Waals surface area contributed by atoms with Crippen molar-refractivity contribution in [3.63, 3.8) is 0 Å². The van der Waals surface area contributed by atoms with Gasteiger partial charge in [-0.25, -0.2) is 9.48 Å². The fourth-order valence-electron chi connectivity index (χ4n) is 1.48. The van der Waals surface area contributed by atoms with Crippen LogP contribution in [0.2, 0.25) is 0 Å². The van der Waals surface area contributed by atoms with Gasteiger partial charge in [-0.2, -0.15) is 11.8 Å². The van der Waals surface area contributed by atoms with E-state index in [1.54, 1.807) is 11.8 Å². The Morgan fingerprint density at radius 3 is 2.65 bits per heavy atom. The van der Waals surface area contributed by atoms with Gasteiger partial charge in [-0.3, -0.25) is 0 Å². The van der Waals surface area contributed by atoms with Crippen molar-refractivity contribution in [1.82, 2.24) is 20.2 Å². The molecule has 0 spiro atoms. The standard InChI is InChI=1S/C10H18N4O2S/c1-10(2,3)9-11-12-13-14(9)7(8(15)16)5-6-17-4/h7H,5-6H2,1-4H3,(H,15,16). The van der Waals surface area contributed by atoms with Gasteiger partial charge in [0.2, 0.25) is 0 Å². The molecular formula is C10H18N4O2S. The lowest BCUT2D eigenvalue weighted by Crippen LogP contribution is -2.28. The number of aliphatic carboxylic acids is 1. The number of aromatic nitrogens is 4. The Labute approximate surface area is 105 Å².